The highest BCUT2D eigenvalue weighted by molar-refractivity contribution is 5.99. The molecule has 0 bridgehead atoms. The Bertz CT molecular complexity index is 797. The summed E-state index contributed by atoms with van der Waals surface area (Å²) in [5, 5.41) is 0.832. The lowest BCUT2D eigenvalue weighted by molar-refractivity contribution is 0.1000. The van der Waals surface area contributed by atoms with Crippen molar-refractivity contribution in [1.82, 2.24) is 9.97 Å². The number of rotatable bonds is 2. The number of carbonyl (C=O) groups excluding carboxylic acids is 1. The normalized spacial score (nSPS) is 10.7. The molecule has 0 aliphatic carbocycles. The molecule has 0 spiro atoms. The number of carbonyl (C=O) groups is 1. The number of nitrogens with two attached hydrogens (primary N) is 1. The molecular formula is C16H13N3O. The van der Waals surface area contributed by atoms with Gasteiger partial charge in [0.1, 0.15) is 0 Å². The topological polar surface area (TPSA) is 68.9 Å². The Morgan fingerprint density at radius 1 is 1.15 bits per heavy atom. The van der Waals surface area contributed by atoms with Crippen LogP contribution in [0.4, 0.5) is 0 Å². The van der Waals surface area contributed by atoms with Crippen molar-refractivity contribution in [2.75, 3.05) is 0 Å². The summed E-state index contributed by atoms with van der Waals surface area (Å²) in [6, 6.07) is 13.7. The van der Waals surface area contributed by atoms with Gasteiger partial charge in [0.05, 0.1) is 5.56 Å². The first-order chi connectivity index (χ1) is 9.65. The van der Waals surface area contributed by atoms with Crippen LogP contribution < -0.4 is 5.73 Å². The van der Waals surface area contributed by atoms with E-state index in [1.165, 1.54) is 6.20 Å². The van der Waals surface area contributed by atoms with E-state index in [1.807, 2.05) is 43.3 Å². The van der Waals surface area contributed by atoms with Gasteiger partial charge in [-0.05, 0) is 30.2 Å². The molecule has 2 N–H and O–H groups in total. The summed E-state index contributed by atoms with van der Waals surface area (Å²) in [7, 11) is 0. The van der Waals surface area contributed by atoms with E-state index in [4.69, 9.17) is 5.73 Å². The molecule has 1 amide bonds. The van der Waals surface area contributed by atoms with Crippen LogP contribution >= 0.6 is 0 Å². The SMILES string of the molecule is Cc1cc(-c2ccccc2)c2cc(C(N)=O)cnc2n1. The molecule has 3 rings (SSSR count). The van der Waals surface area contributed by atoms with Gasteiger partial charge in [-0.1, -0.05) is 30.3 Å². The molecule has 0 fully saturated rings. The fourth-order valence-corrected chi connectivity index (χ4v) is 2.22. The Balaban J connectivity index is 2.34. The van der Waals surface area contributed by atoms with Gasteiger partial charge in [0.15, 0.2) is 5.65 Å². The zero-order chi connectivity index (χ0) is 14.1. The minimum atomic E-state index is -0.487. The van der Waals surface area contributed by atoms with Crippen LogP contribution in [0, 0.1) is 6.92 Å². The summed E-state index contributed by atoms with van der Waals surface area (Å²) in [6.07, 6.45) is 1.46. The highest BCUT2D eigenvalue weighted by Gasteiger charge is 2.10. The van der Waals surface area contributed by atoms with Gasteiger partial charge in [0.25, 0.3) is 0 Å². The maximum Gasteiger partial charge on any atom is 0.250 e. The first-order valence-corrected chi connectivity index (χ1v) is 6.28. The van der Waals surface area contributed by atoms with Gasteiger partial charge in [0, 0.05) is 17.3 Å². The van der Waals surface area contributed by atoms with Gasteiger partial charge in [-0.15, -0.1) is 0 Å². The molecule has 1 aromatic carbocycles. The summed E-state index contributed by atoms with van der Waals surface area (Å²) >= 11 is 0. The molecular weight excluding hydrogens is 250 g/mol. The molecule has 0 radical (unpaired) electrons. The molecule has 0 unspecified atom stereocenters. The van der Waals surface area contributed by atoms with Gasteiger partial charge in [-0.2, -0.15) is 0 Å². The monoisotopic (exact) mass is 263 g/mol. The summed E-state index contributed by atoms with van der Waals surface area (Å²) in [5.41, 5.74) is 9.28. The minimum Gasteiger partial charge on any atom is -0.366 e. The summed E-state index contributed by atoms with van der Waals surface area (Å²) in [4.78, 5) is 20.0. The van der Waals surface area contributed by atoms with Crippen LogP contribution in [-0.2, 0) is 0 Å². The molecule has 0 atom stereocenters. The third-order valence-electron chi connectivity index (χ3n) is 3.16. The molecule has 0 aliphatic rings. The van der Waals surface area contributed by atoms with E-state index in [9.17, 15) is 4.79 Å². The van der Waals surface area contributed by atoms with E-state index in [1.54, 1.807) is 6.07 Å². The molecule has 3 aromatic rings. The second kappa shape index (κ2) is 4.74. The lowest BCUT2D eigenvalue weighted by atomic mass is 10.0. The number of aryl methyl sites for hydroxylation is 1. The first kappa shape index (κ1) is 12.3. The van der Waals surface area contributed by atoms with Gasteiger partial charge in [-0.25, -0.2) is 9.97 Å². The predicted molar refractivity (Wildman–Crippen MR) is 78.2 cm³/mol. The Morgan fingerprint density at radius 3 is 2.60 bits per heavy atom. The molecule has 4 heteroatoms. The lowest BCUT2D eigenvalue weighted by Crippen LogP contribution is -2.11. The Labute approximate surface area is 116 Å². The smallest absolute Gasteiger partial charge is 0.250 e. The standard InChI is InChI=1S/C16H13N3O/c1-10-7-13(11-5-3-2-4-6-11)14-8-12(15(17)20)9-18-16(14)19-10/h2-9H,1H3,(H2,17,20). The zero-order valence-electron chi connectivity index (χ0n) is 11.0. The number of benzene rings is 1. The van der Waals surface area contributed by atoms with E-state index in [0.717, 1.165) is 22.2 Å². The first-order valence-electron chi connectivity index (χ1n) is 6.28. The molecule has 2 heterocycles. The van der Waals surface area contributed by atoms with E-state index in [0.29, 0.717) is 11.2 Å². The quantitative estimate of drug-likeness (QED) is 0.772. The highest BCUT2D eigenvalue weighted by Crippen LogP contribution is 2.28. The van der Waals surface area contributed by atoms with Crippen molar-refractivity contribution in [1.29, 1.82) is 0 Å². The molecule has 20 heavy (non-hydrogen) atoms. The van der Waals surface area contributed by atoms with E-state index in [2.05, 4.69) is 9.97 Å². The van der Waals surface area contributed by atoms with E-state index in [-0.39, 0.29) is 0 Å². The lowest BCUT2D eigenvalue weighted by Gasteiger charge is -2.08. The van der Waals surface area contributed by atoms with Gasteiger partial charge >= 0.3 is 0 Å². The van der Waals surface area contributed by atoms with E-state index < -0.39 is 5.91 Å². The maximum atomic E-state index is 11.3. The largest absolute Gasteiger partial charge is 0.366 e. The number of amides is 1. The van der Waals surface area contributed by atoms with Crippen LogP contribution in [0.5, 0.6) is 0 Å². The molecule has 0 saturated heterocycles. The molecule has 0 aliphatic heterocycles. The zero-order valence-corrected chi connectivity index (χ0v) is 11.0. The highest BCUT2D eigenvalue weighted by atomic mass is 16.1. The third kappa shape index (κ3) is 2.12. The number of pyridine rings is 2. The number of nitrogens with zero attached hydrogens (tertiary/aromatic N) is 2. The summed E-state index contributed by atoms with van der Waals surface area (Å²) in [6.45, 7) is 1.93. The second-order valence-corrected chi connectivity index (χ2v) is 4.64. The van der Waals surface area contributed by atoms with Crippen molar-refractivity contribution in [2.45, 2.75) is 6.92 Å². The van der Waals surface area contributed by atoms with Crippen molar-refractivity contribution in [3.8, 4) is 11.1 Å². The van der Waals surface area contributed by atoms with Crippen molar-refractivity contribution < 1.29 is 4.79 Å². The number of primary amides is 1. The predicted octanol–water partition coefficient (Wildman–Crippen LogP) is 2.70. The van der Waals surface area contributed by atoms with Crippen molar-refractivity contribution in [3.63, 3.8) is 0 Å². The molecule has 4 nitrogen and oxygen atoms in total. The average Bonchev–Trinajstić information content (AvgIpc) is 2.46. The summed E-state index contributed by atoms with van der Waals surface area (Å²) in [5.74, 6) is -0.487. The summed E-state index contributed by atoms with van der Waals surface area (Å²) < 4.78 is 0. The Kier molecular flexibility index (Phi) is 2.91. The molecule has 98 valence electrons. The number of aromatic nitrogens is 2. The van der Waals surface area contributed by atoms with Crippen LogP contribution in [0.2, 0.25) is 0 Å². The third-order valence-corrected chi connectivity index (χ3v) is 3.16. The van der Waals surface area contributed by atoms with Crippen LogP contribution in [-0.4, -0.2) is 15.9 Å². The fourth-order valence-electron chi connectivity index (χ4n) is 2.22. The number of fused-ring (bicyclic) bond motifs is 1. The van der Waals surface area contributed by atoms with Crippen molar-refractivity contribution >= 4 is 16.9 Å². The van der Waals surface area contributed by atoms with Crippen LogP contribution in [0.1, 0.15) is 16.1 Å². The minimum absolute atomic E-state index is 0.389. The van der Waals surface area contributed by atoms with Crippen molar-refractivity contribution in [3.05, 3.63) is 59.9 Å². The second-order valence-electron chi connectivity index (χ2n) is 4.64. The molecule has 2 aromatic heterocycles. The van der Waals surface area contributed by atoms with Crippen LogP contribution in [0.3, 0.4) is 0 Å². The maximum absolute atomic E-state index is 11.3. The molecule has 0 saturated carbocycles. The number of hydrogen-bond donors (Lipinski definition) is 1. The van der Waals surface area contributed by atoms with Crippen LogP contribution in [0.15, 0.2) is 48.7 Å². The van der Waals surface area contributed by atoms with Gasteiger partial charge in [-0.3, -0.25) is 4.79 Å². The average molecular weight is 263 g/mol. The van der Waals surface area contributed by atoms with E-state index >= 15 is 0 Å². The van der Waals surface area contributed by atoms with Crippen molar-refractivity contribution in [2.24, 2.45) is 5.73 Å². The Morgan fingerprint density at radius 2 is 1.90 bits per heavy atom. The van der Waals surface area contributed by atoms with Gasteiger partial charge in [0.2, 0.25) is 5.91 Å². The fraction of sp³-hybridized carbons (Fsp3) is 0.0625. The number of hydrogen-bond acceptors (Lipinski definition) is 3. The van der Waals surface area contributed by atoms with Gasteiger partial charge < -0.3 is 5.73 Å². The Hall–Kier alpha value is -2.75. The van der Waals surface area contributed by atoms with Crippen LogP contribution in [0.25, 0.3) is 22.2 Å².